The Morgan fingerprint density at radius 1 is 1.29 bits per heavy atom. The summed E-state index contributed by atoms with van der Waals surface area (Å²) in [7, 11) is 2.18. The molecular formula is C15H24N2. The maximum absolute atomic E-state index is 6.27. The van der Waals surface area contributed by atoms with E-state index in [2.05, 4.69) is 44.0 Å². The molecule has 0 radical (unpaired) electrons. The fourth-order valence-corrected chi connectivity index (χ4v) is 2.25. The molecule has 1 aromatic carbocycles. The van der Waals surface area contributed by atoms with E-state index in [9.17, 15) is 0 Å². The molecule has 0 bridgehead atoms. The Bertz CT molecular complexity index is 383. The van der Waals surface area contributed by atoms with Gasteiger partial charge in [0.15, 0.2) is 0 Å². The van der Waals surface area contributed by atoms with Crippen LogP contribution in [0.3, 0.4) is 0 Å². The second-order valence-corrected chi connectivity index (χ2v) is 5.61. The van der Waals surface area contributed by atoms with Crippen LogP contribution in [0.15, 0.2) is 18.2 Å². The molecule has 0 aliphatic heterocycles. The SMILES string of the molecule is Cc1ccc(C(N)CN(C)CC2CC2)cc1C. The Hall–Kier alpha value is -0.860. The van der Waals surface area contributed by atoms with Crippen LogP contribution >= 0.6 is 0 Å². The number of likely N-dealkylation sites (N-methyl/N-ethyl adjacent to an activating group) is 1. The zero-order valence-electron chi connectivity index (χ0n) is 11.2. The van der Waals surface area contributed by atoms with Crippen molar-refractivity contribution >= 4 is 0 Å². The number of rotatable bonds is 5. The smallest absolute Gasteiger partial charge is 0.0424 e. The molecule has 1 fully saturated rings. The predicted molar refractivity (Wildman–Crippen MR) is 73.1 cm³/mol. The first kappa shape index (κ1) is 12.6. The van der Waals surface area contributed by atoms with Gasteiger partial charge in [-0.2, -0.15) is 0 Å². The van der Waals surface area contributed by atoms with Crippen LogP contribution in [0.1, 0.15) is 35.6 Å². The van der Waals surface area contributed by atoms with Crippen molar-refractivity contribution in [3.8, 4) is 0 Å². The van der Waals surface area contributed by atoms with Crippen LogP contribution in [0.2, 0.25) is 0 Å². The summed E-state index contributed by atoms with van der Waals surface area (Å²) in [6, 6.07) is 6.70. The summed E-state index contributed by atoms with van der Waals surface area (Å²) in [5.41, 5.74) is 10.2. The highest BCUT2D eigenvalue weighted by Gasteiger charge is 2.23. The molecule has 2 nitrogen and oxygen atoms in total. The van der Waals surface area contributed by atoms with E-state index in [-0.39, 0.29) is 6.04 Å². The fraction of sp³-hybridized carbons (Fsp3) is 0.600. The lowest BCUT2D eigenvalue weighted by molar-refractivity contribution is 0.300. The van der Waals surface area contributed by atoms with E-state index in [1.165, 1.54) is 36.1 Å². The highest BCUT2D eigenvalue weighted by atomic mass is 15.1. The van der Waals surface area contributed by atoms with Gasteiger partial charge in [0.25, 0.3) is 0 Å². The zero-order chi connectivity index (χ0) is 12.4. The van der Waals surface area contributed by atoms with Crippen LogP contribution in [-0.2, 0) is 0 Å². The molecule has 94 valence electrons. The van der Waals surface area contributed by atoms with E-state index in [1.54, 1.807) is 0 Å². The van der Waals surface area contributed by atoms with E-state index in [0.29, 0.717) is 0 Å². The first-order valence-corrected chi connectivity index (χ1v) is 6.57. The molecule has 0 saturated heterocycles. The van der Waals surface area contributed by atoms with Crippen LogP contribution < -0.4 is 5.73 Å². The zero-order valence-corrected chi connectivity index (χ0v) is 11.2. The van der Waals surface area contributed by atoms with Crippen LogP contribution in [0.25, 0.3) is 0 Å². The third kappa shape index (κ3) is 3.55. The summed E-state index contributed by atoms with van der Waals surface area (Å²) >= 11 is 0. The summed E-state index contributed by atoms with van der Waals surface area (Å²) in [6.45, 7) is 6.46. The van der Waals surface area contributed by atoms with Crippen molar-refractivity contribution in [1.82, 2.24) is 4.90 Å². The third-order valence-corrected chi connectivity index (χ3v) is 3.73. The summed E-state index contributed by atoms with van der Waals surface area (Å²) in [5, 5.41) is 0. The minimum atomic E-state index is 0.137. The molecule has 1 aliphatic rings. The summed E-state index contributed by atoms with van der Waals surface area (Å²) in [5.74, 6) is 0.937. The molecule has 1 saturated carbocycles. The third-order valence-electron chi connectivity index (χ3n) is 3.73. The van der Waals surface area contributed by atoms with Gasteiger partial charge < -0.3 is 10.6 Å². The molecule has 1 atom stereocenters. The maximum Gasteiger partial charge on any atom is 0.0424 e. The van der Waals surface area contributed by atoms with Crippen LogP contribution in [-0.4, -0.2) is 25.0 Å². The Morgan fingerprint density at radius 3 is 2.59 bits per heavy atom. The van der Waals surface area contributed by atoms with Gasteiger partial charge in [-0.3, -0.25) is 0 Å². The van der Waals surface area contributed by atoms with E-state index < -0.39 is 0 Å². The molecule has 0 spiro atoms. The molecule has 1 aliphatic carbocycles. The molecule has 2 N–H and O–H groups in total. The average Bonchev–Trinajstić information content (AvgIpc) is 3.05. The van der Waals surface area contributed by atoms with E-state index in [4.69, 9.17) is 5.73 Å². The Morgan fingerprint density at radius 2 is 2.00 bits per heavy atom. The monoisotopic (exact) mass is 232 g/mol. The lowest BCUT2D eigenvalue weighted by atomic mass is 10.0. The molecule has 2 rings (SSSR count). The van der Waals surface area contributed by atoms with Gasteiger partial charge in [-0.1, -0.05) is 18.2 Å². The van der Waals surface area contributed by atoms with Crippen LogP contribution in [0, 0.1) is 19.8 Å². The minimum absolute atomic E-state index is 0.137. The number of nitrogens with two attached hydrogens (primary N) is 1. The first-order chi connectivity index (χ1) is 8.06. The van der Waals surface area contributed by atoms with E-state index in [1.807, 2.05) is 0 Å². The van der Waals surface area contributed by atoms with Gasteiger partial charge in [-0.25, -0.2) is 0 Å². The summed E-state index contributed by atoms with van der Waals surface area (Å²) < 4.78 is 0. The van der Waals surface area contributed by atoms with Crippen molar-refractivity contribution in [3.63, 3.8) is 0 Å². The summed E-state index contributed by atoms with van der Waals surface area (Å²) in [4.78, 5) is 2.37. The lowest BCUT2D eigenvalue weighted by Crippen LogP contribution is -2.30. The Kier molecular flexibility index (Phi) is 3.85. The normalized spacial score (nSPS) is 17.5. The first-order valence-electron chi connectivity index (χ1n) is 6.57. The topological polar surface area (TPSA) is 29.3 Å². The Labute approximate surface area is 105 Å². The fourth-order valence-electron chi connectivity index (χ4n) is 2.25. The second kappa shape index (κ2) is 5.19. The van der Waals surface area contributed by atoms with Crippen molar-refractivity contribution in [1.29, 1.82) is 0 Å². The number of nitrogens with zero attached hydrogens (tertiary/aromatic N) is 1. The van der Waals surface area contributed by atoms with Gasteiger partial charge in [-0.05, 0) is 56.3 Å². The van der Waals surface area contributed by atoms with E-state index in [0.717, 1.165) is 12.5 Å². The van der Waals surface area contributed by atoms with Gasteiger partial charge in [0.1, 0.15) is 0 Å². The highest BCUT2D eigenvalue weighted by Crippen LogP contribution is 2.29. The molecule has 0 amide bonds. The number of hydrogen-bond acceptors (Lipinski definition) is 2. The number of aryl methyl sites for hydroxylation is 2. The van der Waals surface area contributed by atoms with Crippen molar-refractivity contribution in [2.75, 3.05) is 20.1 Å². The number of hydrogen-bond donors (Lipinski definition) is 1. The van der Waals surface area contributed by atoms with Gasteiger partial charge in [0, 0.05) is 19.1 Å². The van der Waals surface area contributed by atoms with Crippen LogP contribution in [0.5, 0.6) is 0 Å². The van der Waals surface area contributed by atoms with Crippen molar-refractivity contribution in [3.05, 3.63) is 34.9 Å². The average molecular weight is 232 g/mol. The van der Waals surface area contributed by atoms with Gasteiger partial charge >= 0.3 is 0 Å². The van der Waals surface area contributed by atoms with Crippen LogP contribution in [0.4, 0.5) is 0 Å². The molecule has 1 unspecified atom stereocenters. The maximum atomic E-state index is 6.27. The van der Waals surface area contributed by atoms with Crippen molar-refractivity contribution in [2.45, 2.75) is 32.7 Å². The van der Waals surface area contributed by atoms with E-state index >= 15 is 0 Å². The molecule has 0 heterocycles. The molecular weight excluding hydrogens is 208 g/mol. The Balaban J connectivity index is 1.93. The lowest BCUT2D eigenvalue weighted by Gasteiger charge is -2.22. The highest BCUT2D eigenvalue weighted by molar-refractivity contribution is 5.31. The van der Waals surface area contributed by atoms with Gasteiger partial charge in [0.2, 0.25) is 0 Å². The largest absolute Gasteiger partial charge is 0.323 e. The van der Waals surface area contributed by atoms with Crippen molar-refractivity contribution < 1.29 is 0 Å². The summed E-state index contributed by atoms with van der Waals surface area (Å²) in [6.07, 6.45) is 2.81. The van der Waals surface area contributed by atoms with Gasteiger partial charge in [-0.15, -0.1) is 0 Å². The van der Waals surface area contributed by atoms with Gasteiger partial charge in [0.05, 0.1) is 0 Å². The quantitative estimate of drug-likeness (QED) is 0.845. The molecule has 2 heteroatoms. The molecule has 17 heavy (non-hydrogen) atoms. The molecule has 1 aromatic rings. The molecule has 0 aromatic heterocycles. The van der Waals surface area contributed by atoms with Crippen molar-refractivity contribution in [2.24, 2.45) is 11.7 Å². The standard InChI is InChI=1S/C15H24N2/c1-11-4-7-14(8-12(11)2)15(16)10-17(3)9-13-5-6-13/h4,7-8,13,15H,5-6,9-10,16H2,1-3H3. The second-order valence-electron chi connectivity index (χ2n) is 5.61. The minimum Gasteiger partial charge on any atom is -0.323 e. The predicted octanol–water partition coefficient (Wildman–Crippen LogP) is 2.65. The number of benzene rings is 1.